The molecular weight excluding hydrogens is 254 g/mol. The van der Waals surface area contributed by atoms with Crippen molar-refractivity contribution in [1.29, 1.82) is 0 Å². The first-order valence-corrected chi connectivity index (χ1v) is 6.99. The third kappa shape index (κ3) is 2.84. The Hall–Kier alpha value is -1.08. The molecule has 1 aliphatic heterocycles. The Morgan fingerprint density at radius 3 is 2.94 bits per heavy atom. The van der Waals surface area contributed by atoms with Crippen molar-refractivity contribution in [3.05, 3.63) is 5.82 Å². The smallest absolute Gasteiger partial charge is 0.313 e. The van der Waals surface area contributed by atoms with Crippen molar-refractivity contribution in [2.45, 2.75) is 44.0 Å². The van der Waals surface area contributed by atoms with Gasteiger partial charge in [0.15, 0.2) is 5.16 Å². The fourth-order valence-corrected chi connectivity index (χ4v) is 2.86. The molecule has 1 aromatic heterocycles. The quantitative estimate of drug-likeness (QED) is 0.815. The molecule has 0 aliphatic carbocycles. The van der Waals surface area contributed by atoms with Crippen molar-refractivity contribution in [2.24, 2.45) is 0 Å². The maximum Gasteiger partial charge on any atom is 0.313 e. The van der Waals surface area contributed by atoms with Gasteiger partial charge < -0.3 is 14.4 Å². The van der Waals surface area contributed by atoms with Gasteiger partial charge in [-0.25, -0.2) is 0 Å². The van der Waals surface area contributed by atoms with Gasteiger partial charge in [-0.05, 0) is 20.3 Å². The van der Waals surface area contributed by atoms with Gasteiger partial charge in [0, 0.05) is 12.5 Å². The molecule has 1 saturated heterocycles. The Labute approximate surface area is 110 Å². The molecule has 0 saturated carbocycles. The molecule has 0 spiro atoms. The van der Waals surface area contributed by atoms with Crippen LogP contribution in [0.2, 0.25) is 0 Å². The molecule has 2 unspecified atom stereocenters. The van der Waals surface area contributed by atoms with E-state index in [1.807, 2.05) is 18.4 Å². The normalized spacial score (nSPS) is 23.4. The van der Waals surface area contributed by atoms with Crippen LogP contribution in [0.1, 0.15) is 32.0 Å². The van der Waals surface area contributed by atoms with Crippen LogP contribution in [0.15, 0.2) is 5.16 Å². The van der Waals surface area contributed by atoms with Crippen LogP contribution in [0.5, 0.6) is 0 Å². The van der Waals surface area contributed by atoms with Gasteiger partial charge in [0.1, 0.15) is 5.82 Å². The van der Waals surface area contributed by atoms with Crippen molar-refractivity contribution in [2.75, 3.05) is 12.4 Å². The first-order valence-electron chi connectivity index (χ1n) is 6.01. The molecule has 100 valence electrons. The molecule has 1 N–H and O–H groups in total. The number of carboxylic acids is 1. The molecule has 0 amide bonds. The van der Waals surface area contributed by atoms with E-state index in [9.17, 15) is 4.79 Å². The van der Waals surface area contributed by atoms with Crippen LogP contribution >= 0.6 is 11.8 Å². The molecule has 6 nitrogen and oxygen atoms in total. The molecule has 1 fully saturated rings. The fourth-order valence-electron chi connectivity index (χ4n) is 2.13. The van der Waals surface area contributed by atoms with E-state index in [1.54, 1.807) is 0 Å². The fraction of sp³-hybridized carbons (Fsp3) is 0.727. The number of hydrogen-bond acceptors (Lipinski definition) is 5. The van der Waals surface area contributed by atoms with Gasteiger partial charge >= 0.3 is 5.97 Å². The lowest BCUT2D eigenvalue weighted by atomic mass is 10.1. The highest BCUT2D eigenvalue weighted by molar-refractivity contribution is 7.99. The van der Waals surface area contributed by atoms with E-state index in [4.69, 9.17) is 9.84 Å². The standard InChI is InChI=1S/C11H17N3O3S/c1-3-14-10(8-4-7(2)17-5-8)12-13-11(14)18-6-9(15)16/h7-8H,3-6H2,1-2H3,(H,15,16). The van der Waals surface area contributed by atoms with Gasteiger partial charge in [0.2, 0.25) is 0 Å². The van der Waals surface area contributed by atoms with Crippen LogP contribution < -0.4 is 0 Å². The Balaban J connectivity index is 2.13. The number of carbonyl (C=O) groups is 1. The number of aliphatic carboxylic acids is 1. The number of ether oxygens (including phenoxy) is 1. The monoisotopic (exact) mass is 271 g/mol. The number of hydrogen-bond donors (Lipinski definition) is 1. The van der Waals surface area contributed by atoms with Crippen molar-refractivity contribution >= 4 is 17.7 Å². The molecular formula is C11H17N3O3S. The number of thioether (sulfide) groups is 1. The SMILES string of the molecule is CCn1c(SCC(=O)O)nnc1C1COC(C)C1. The maximum atomic E-state index is 10.6. The van der Waals surface area contributed by atoms with E-state index in [2.05, 4.69) is 10.2 Å². The molecule has 18 heavy (non-hydrogen) atoms. The van der Waals surface area contributed by atoms with Crippen molar-refractivity contribution in [1.82, 2.24) is 14.8 Å². The molecule has 0 bridgehead atoms. The Morgan fingerprint density at radius 1 is 1.61 bits per heavy atom. The van der Waals surface area contributed by atoms with Crippen LogP contribution in [0, 0.1) is 0 Å². The molecule has 1 aliphatic rings. The zero-order valence-corrected chi connectivity index (χ0v) is 11.3. The lowest BCUT2D eigenvalue weighted by Crippen LogP contribution is -2.10. The molecule has 2 rings (SSSR count). The van der Waals surface area contributed by atoms with Crippen molar-refractivity contribution in [3.63, 3.8) is 0 Å². The summed E-state index contributed by atoms with van der Waals surface area (Å²) < 4.78 is 7.53. The number of carboxylic acid groups (broad SMARTS) is 1. The third-order valence-electron chi connectivity index (χ3n) is 2.95. The highest BCUT2D eigenvalue weighted by Gasteiger charge is 2.28. The summed E-state index contributed by atoms with van der Waals surface area (Å²) in [5.74, 6) is 0.349. The zero-order chi connectivity index (χ0) is 13.1. The Bertz CT molecular complexity index is 435. The van der Waals surface area contributed by atoms with Gasteiger partial charge in [0.25, 0.3) is 0 Å². The summed E-state index contributed by atoms with van der Waals surface area (Å²) in [6.45, 7) is 5.47. The topological polar surface area (TPSA) is 77.2 Å². The maximum absolute atomic E-state index is 10.6. The molecule has 2 heterocycles. The molecule has 1 aromatic rings. The van der Waals surface area contributed by atoms with Crippen LogP contribution in [-0.4, -0.2) is 44.3 Å². The lowest BCUT2D eigenvalue weighted by Gasteiger charge is -2.10. The summed E-state index contributed by atoms with van der Waals surface area (Å²) in [5.41, 5.74) is 0. The van der Waals surface area contributed by atoms with Crippen molar-refractivity contribution in [3.8, 4) is 0 Å². The summed E-state index contributed by atoms with van der Waals surface area (Å²) in [5, 5.41) is 17.7. The summed E-state index contributed by atoms with van der Waals surface area (Å²) in [4.78, 5) is 10.6. The van der Waals surface area contributed by atoms with Gasteiger partial charge in [-0.1, -0.05) is 11.8 Å². The minimum atomic E-state index is -0.843. The third-order valence-corrected chi connectivity index (χ3v) is 3.90. The van der Waals surface area contributed by atoms with Gasteiger partial charge in [-0.2, -0.15) is 0 Å². The van der Waals surface area contributed by atoms with Gasteiger partial charge in [-0.15, -0.1) is 10.2 Å². The first-order chi connectivity index (χ1) is 8.61. The second-order valence-corrected chi connectivity index (χ2v) is 5.29. The van der Waals surface area contributed by atoms with E-state index in [-0.39, 0.29) is 17.8 Å². The predicted molar refractivity (Wildman–Crippen MR) is 66.8 cm³/mol. The van der Waals surface area contributed by atoms with Gasteiger partial charge in [-0.3, -0.25) is 4.79 Å². The number of aromatic nitrogens is 3. The largest absolute Gasteiger partial charge is 0.481 e. The number of nitrogens with zero attached hydrogens (tertiary/aromatic N) is 3. The Morgan fingerprint density at radius 2 is 2.39 bits per heavy atom. The van der Waals surface area contributed by atoms with Crippen molar-refractivity contribution < 1.29 is 14.6 Å². The lowest BCUT2D eigenvalue weighted by molar-refractivity contribution is -0.133. The van der Waals surface area contributed by atoms with Gasteiger partial charge in [0.05, 0.1) is 18.5 Å². The highest BCUT2D eigenvalue weighted by atomic mass is 32.2. The summed E-state index contributed by atoms with van der Waals surface area (Å²) in [7, 11) is 0. The summed E-state index contributed by atoms with van der Waals surface area (Å²) in [6, 6.07) is 0. The molecule has 0 radical (unpaired) electrons. The molecule has 0 aromatic carbocycles. The molecule has 2 atom stereocenters. The average molecular weight is 271 g/mol. The van der Waals surface area contributed by atoms with Crippen LogP contribution in [0.4, 0.5) is 0 Å². The predicted octanol–water partition coefficient (Wildman–Crippen LogP) is 1.37. The van der Waals surface area contributed by atoms with E-state index >= 15 is 0 Å². The summed E-state index contributed by atoms with van der Waals surface area (Å²) >= 11 is 1.21. The Kier molecular flexibility index (Phi) is 4.23. The van der Waals surface area contributed by atoms with E-state index in [1.165, 1.54) is 11.8 Å². The van der Waals surface area contributed by atoms with E-state index in [0.29, 0.717) is 11.8 Å². The average Bonchev–Trinajstić information content (AvgIpc) is 2.91. The highest BCUT2D eigenvalue weighted by Crippen LogP contribution is 2.30. The minimum Gasteiger partial charge on any atom is -0.481 e. The van der Waals surface area contributed by atoms with Crippen LogP contribution in [0.3, 0.4) is 0 Å². The first kappa shape index (κ1) is 13.4. The van der Waals surface area contributed by atoms with E-state index in [0.717, 1.165) is 18.8 Å². The van der Waals surface area contributed by atoms with Crippen LogP contribution in [-0.2, 0) is 16.1 Å². The second-order valence-electron chi connectivity index (χ2n) is 4.34. The number of rotatable bonds is 5. The van der Waals surface area contributed by atoms with E-state index < -0.39 is 5.97 Å². The van der Waals surface area contributed by atoms with Crippen LogP contribution in [0.25, 0.3) is 0 Å². The molecule has 7 heteroatoms. The zero-order valence-electron chi connectivity index (χ0n) is 10.5. The second kappa shape index (κ2) is 5.71. The summed E-state index contributed by atoms with van der Waals surface area (Å²) in [6.07, 6.45) is 1.20. The minimum absolute atomic E-state index is 0.00963.